The fraction of sp³-hybridized carbons (Fsp3) is 0.278. The van der Waals surface area contributed by atoms with Crippen LogP contribution in [0.1, 0.15) is 12.5 Å². The van der Waals surface area contributed by atoms with Crippen LogP contribution in [0.15, 0.2) is 30.5 Å². The lowest BCUT2D eigenvalue weighted by Crippen LogP contribution is -2.69. The molecule has 1 fully saturated rings. The molecule has 0 radical (unpaired) electrons. The first-order chi connectivity index (χ1) is 13.2. The molecule has 0 bridgehead atoms. The molecule has 1 aliphatic heterocycles. The van der Waals surface area contributed by atoms with Crippen LogP contribution in [-0.4, -0.2) is 40.5 Å². The summed E-state index contributed by atoms with van der Waals surface area (Å²) in [4.78, 5) is 30.4. The van der Waals surface area contributed by atoms with E-state index in [2.05, 4.69) is 10.3 Å². The first-order valence-corrected chi connectivity index (χ1v) is 9.29. The minimum atomic E-state index is -1.32. The summed E-state index contributed by atoms with van der Waals surface area (Å²) in [5, 5.41) is 3.32. The van der Waals surface area contributed by atoms with Gasteiger partial charge in [0.05, 0.1) is 18.2 Å². The van der Waals surface area contributed by atoms with Crippen molar-refractivity contribution in [1.82, 2.24) is 9.88 Å². The van der Waals surface area contributed by atoms with Gasteiger partial charge in [0.2, 0.25) is 5.91 Å². The van der Waals surface area contributed by atoms with E-state index in [1.807, 2.05) is 0 Å². The summed E-state index contributed by atoms with van der Waals surface area (Å²) < 4.78 is 19.2. The molecule has 3 rings (SSSR count). The lowest BCUT2D eigenvalue weighted by Gasteiger charge is -2.47. The number of aromatic nitrogens is 1. The van der Waals surface area contributed by atoms with Crippen LogP contribution in [-0.2, 0) is 20.9 Å². The van der Waals surface area contributed by atoms with Crippen LogP contribution in [0.3, 0.4) is 0 Å². The maximum absolute atomic E-state index is 14.0. The Balaban J connectivity index is 1.88. The van der Waals surface area contributed by atoms with E-state index in [9.17, 15) is 14.0 Å². The predicted molar refractivity (Wildman–Crippen MR) is 104 cm³/mol. The third-order valence-electron chi connectivity index (χ3n) is 4.38. The fourth-order valence-corrected chi connectivity index (χ4v) is 3.43. The van der Waals surface area contributed by atoms with Gasteiger partial charge >= 0.3 is 0 Å². The van der Waals surface area contributed by atoms with Crippen LogP contribution < -0.4 is 5.32 Å². The second-order valence-electron chi connectivity index (χ2n) is 6.30. The number of rotatable bonds is 5. The molecule has 6 nitrogen and oxygen atoms in total. The zero-order valence-corrected chi connectivity index (χ0v) is 16.9. The molecule has 0 spiro atoms. The van der Waals surface area contributed by atoms with Crippen LogP contribution in [0.5, 0.6) is 0 Å². The van der Waals surface area contributed by atoms with Crippen LogP contribution in [0.4, 0.5) is 10.2 Å². The van der Waals surface area contributed by atoms with Gasteiger partial charge in [-0.3, -0.25) is 9.59 Å². The van der Waals surface area contributed by atoms with E-state index in [4.69, 9.17) is 39.5 Å². The third-order valence-corrected chi connectivity index (χ3v) is 5.18. The van der Waals surface area contributed by atoms with Crippen LogP contribution in [0.25, 0.3) is 0 Å². The standard InChI is InChI=1S/C18H15Cl3FN3O3/c1-10(26)25(7-11-2-3-12(19)4-14(11)21)18(8-28-9-18)17(27)24-16-15(22)5-13(20)6-23-16/h2-6H,7-9H2,1H3,(H,23,24,27). The van der Waals surface area contributed by atoms with Crippen LogP contribution >= 0.6 is 34.8 Å². The number of benzene rings is 1. The molecule has 1 N–H and O–H groups in total. The molecule has 1 aromatic heterocycles. The van der Waals surface area contributed by atoms with E-state index < -0.39 is 17.3 Å². The number of pyridine rings is 1. The molecule has 2 amide bonds. The van der Waals surface area contributed by atoms with Crippen molar-refractivity contribution >= 4 is 52.4 Å². The van der Waals surface area contributed by atoms with E-state index in [-0.39, 0.29) is 36.5 Å². The number of carbonyl (C=O) groups is 2. The molecule has 2 aromatic rings. The number of nitrogens with one attached hydrogen (secondary N) is 1. The van der Waals surface area contributed by atoms with Crippen molar-refractivity contribution in [2.45, 2.75) is 19.0 Å². The van der Waals surface area contributed by atoms with E-state index in [0.717, 1.165) is 6.07 Å². The molecule has 0 atom stereocenters. The minimum Gasteiger partial charge on any atom is -0.375 e. The molecule has 1 aromatic carbocycles. The number of anilines is 1. The van der Waals surface area contributed by atoms with E-state index in [1.54, 1.807) is 18.2 Å². The number of ether oxygens (including phenoxy) is 1. The summed E-state index contributed by atoms with van der Waals surface area (Å²) in [5.41, 5.74) is -0.709. The van der Waals surface area contributed by atoms with Crippen molar-refractivity contribution in [2.24, 2.45) is 0 Å². The van der Waals surface area contributed by atoms with Crippen LogP contribution in [0.2, 0.25) is 15.1 Å². The highest BCUT2D eigenvalue weighted by Gasteiger charge is 2.52. The van der Waals surface area contributed by atoms with Gasteiger partial charge in [-0.25, -0.2) is 9.37 Å². The monoisotopic (exact) mass is 445 g/mol. The molecule has 28 heavy (non-hydrogen) atoms. The molecule has 0 aliphatic carbocycles. The summed E-state index contributed by atoms with van der Waals surface area (Å²) in [7, 11) is 0. The fourth-order valence-electron chi connectivity index (χ4n) is 2.82. The Bertz CT molecular complexity index is 938. The van der Waals surface area contributed by atoms with E-state index in [1.165, 1.54) is 18.0 Å². The van der Waals surface area contributed by atoms with Crippen molar-refractivity contribution in [3.63, 3.8) is 0 Å². The molecule has 1 aliphatic rings. The summed E-state index contributed by atoms with van der Waals surface area (Å²) in [5.74, 6) is -2.05. The lowest BCUT2D eigenvalue weighted by atomic mass is 9.92. The van der Waals surface area contributed by atoms with Gasteiger partial charge in [0.15, 0.2) is 17.2 Å². The molecular weight excluding hydrogens is 432 g/mol. The summed E-state index contributed by atoms with van der Waals surface area (Å²) >= 11 is 17.8. The van der Waals surface area contributed by atoms with Gasteiger partial charge in [0.1, 0.15) is 0 Å². The van der Waals surface area contributed by atoms with Crippen molar-refractivity contribution in [2.75, 3.05) is 18.5 Å². The Morgan fingerprint density at radius 2 is 1.96 bits per heavy atom. The van der Waals surface area contributed by atoms with Gasteiger partial charge in [0.25, 0.3) is 5.91 Å². The zero-order chi connectivity index (χ0) is 20.5. The van der Waals surface area contributed by atoms with Crippen molar-refractivity contribution < 1.29 is 18.7 Å². The zero-order valence-electron chi connectivity index (χ0n) is 14.6. The van der Waals surface area contributed by atoms with Crippen molar-refractivity contribution in [1.29, 1.82) is 0 Å². The molecule has 148 valence electrons. The largest absolute Gasteiger partial charge is 0.375 e. The maximum atomic E-state index is 14.0. The Morgan fingerprint density at radius 1 is 1.25 bits per heavy atom. The highest BCUT2D eigenvalue weighted by molar-refractivity contribution is 6.35. The number of carbonyl (C=O) groups excluding carboxylic acids is 2. The lowest BCUT2D eigenvalue weighted by molar-refractivity contribution is -0.176. The number of hydrogen-bond acceptors (Lipinski definition) is 4. The van der Waals surface area contributed by atoms with Gasteiger partial charge in [-0.1, -0.05) is 40.9 Å². The molecule has 0 unspecified atom stereocenters. The third kappa shape index (κ3) is 4.07. The number of halogens is 4. The molecular formula is C18H15Cl3FN3O3. The van der Waals surface area contributed by atoms with Crippen LogP contribution in [0, 0.1) is 5.82 Å². The van der Waals surface area contributed by atoms with Gasteiger partial charge in [-0.15, -0.1) is 0 Å². The second kappa shape index (κ2) is 8.21. The number of amides is 2. The first kappa shape index (κ1) is 20.8. The predicted octanol–water partition coefficient (Wildman–Crippen LogP) is 3.94. The van der Waals surface area contributed by atoms with E-state index in [0.29, 0.717) is 15.6 Å². The molecule has 2 heterocycles. The highest BCUT2D eigenvalue weighted by Crippen LogP contribution is 2.31. The Labute approximate surface area is 175 Å². The summed E-state index contributed by atoms with van der Waals surface area (Å²) in [6.45, 7) is 1.30. The second-order valence-corrected chi connectivity index (χ2v) is 7.58. The number of nitrogens with zero attached hydrogens (tertiary/aromatic N) is 2. The maximum Gasteiger partial charge on any atom is 0.256 e. The molecule has 1 saturated heterocycles. The Kier molecular flexibility index (Phi) is 6.09. The topological polar surface area (TPSA) is 71.5 Å². The summed E-state index contributed by atoms with van der Waals surface area (Å²) in [6, 6.07) is 5.89. The van der Waals surface area contributed by atoms with Gasteiger partial charge in [-0.05, 0) is 23.8 Å². The summed E-state index contributed by atoms with van der Waals surface area (Å²) in [6.07, 6.45) is 1.21. The van der Waals surface area contributed by atoms with Gasteiger partial charge in [-0.2, -0.15) is 0 Å². The Hall–Kier alpha value is -1.93. The average molecular weight is 447 g/mol. The normalized spacial score (nSPS) is 14.9. The highest BCUT2D eigenvalue weighted by atomic mass is 35.5. The van der Waals surface area contributed by atoms with Gasteiger partial charge in [0, 0.05) is 29.7 Å². The van der Waals surface area contributed by atoms with Crippen molar-refractivity contribution in [3.8, 4) is 0 Å². The molecule has 0 saturated carbocycles. The molecule has 10 heteroatoms. The van der Waals surface area contributed by atoms with Gasteiger partial charge < -0.3 is 15.0 Å². The quantitative estimate of drug-likeness (QED) is 0.755. The SMILES string of the molecule is CC(=O)N(Cc1ccc(Cl)cc1Cl)C1(C(=O)Nc2ncc(Cl)cc2F)COC1. The van der Waals surface area contributed by atoms with E-state index >= 15 is 0 Å². The average Bonchev–Trinajstić information content (AvgIpc) is 2.57. The van der Waals surface area contributed by atoms with Crippen molar-refractivity contribution in [3.05, 3.63) is 56.9 Å². The number of hydrogen-bond donors (Lipinski definition) is 1. The smallest absolute Gasteiger partial charge is 0.256 e. The Morgan fingerprint density at radius 3 is 2.50 bits per heavy atom. The first-order valence-electron chi connectivity index (χ1n) is 8.15. The minimum absolute atomic E-state index is 0.0428.